The molecule has 25 heavy (non-hydrogen) atoms. The highest BCUT2D eigenvalue weighted by Gasteiger charge is 2.23. The van der Waals surface area contributed by atoms with Crippen molar-refractivity contribution in [3.63, 3.8) is 0 Å². The second-order valence-electron chi connectivity index (χ2n) is 5.84. The number of rotatable bonds is 4. The third-order valence-electron chi connectivity index (χ3n) is 4.31. The van der Waals surface area contributed by atoms with Crippen molar-refractivity contribution < 1.29 is 4.79 Å². The normalized spacial score (nSPS) is 14.1. The van der Waals surface area contributed by atoms with Crippen molar-refractivity contribution in [3.05, 3.63) is 53.7 Å². The Morgan fingerprint density at radius 1 is 1.16 bits per heavy atom. The van der Waals surface area contributed by atoms with Gasteiger partial charge in [-0.3, -0.25) is 4.79 Å². The van der Waals surface area contributed by atoms with Crippen LogP contribution in [-0.2, 0) is 0 Å². The number of carbonyl (C=O) groups is 1. The minimum absolute atomic E-state index is 0.0946. The molecule has 2 aromatic rings. The molecule has 2 heterocycles. The van der Waals surface area contributed by atoms with Crippen LogP contribution in [0.25, 0.3) is 0 Å². The number of nitrogens with one attached hydrogen (secondary N) is 1. The summed E-state index contributed by atoms with van der Waals surface area (Å²) in [4.78, 5) is 21.0. The van der Waals surface area contributed by atoms with Crippen LogP contribution in [0.3, 0.4) is 0 Å². The molecule has 1 aromatic carbocycles. The summed E-state index contributed by atoms with van der Waals surface area (Å²) in [6.45, 7) is 5.56. The van der Waals surface area contributed by atoms with Crippen molar-refractivity contribution in [1.82, 2.24) is 10.3 Å². The molecule has 1 fully saturated rings. The first-order chi connectivity index (χ1) is 12.2. The summed E-state index contributed by atoms with van der Waals surface area (Å²) in [5.74, 6) is 0.629. The number of carbonyl (C=O) groups excluding carboxylic acids is 1. The number of para-hydroxylation sites is 1. The topological polar surface area (TPSA) is 72.3 Å². The largest absolute Gasteiger partial charge is 0.367 e. The Hall–Kier alpha value is -3.07. The van der Waals surface area contributed by atoms with Crippen LogP contribution >= 0.6 is 0 Å². The molecule has 1 aromatic heterocycles. The van der Waals surface area contributed by atoms with Crippen molar-refractivity contribution in [2.24, 2.45) is 0 Å². The molecule has 128 valence electrons. The van der Waals surface area contributed by atoms with Gasteiger partial charge in [-0.1, -0.05) is 12.1 Å². The van der Waals surface area contributed by atoms with Crippen LogP contribution in [0.1, 0.15) is 22.8 Å². The second-order valence-corrected chi connectivity index (χ2v) is 5.84. The predicted molar refractivity (Wildman–Crippen MR) is 97.8 cm³/mol. The van der Waals surface area contributed by atoms with Crippen LogP contribution in [-0.4, -0.2) is 43.6 Å². The summed E-state index contributed by atoms with van der Waals surface area (Å²) in [6.07, 6.45) is 1.72. The number of aromatic nitrogens is 1. The van der Waals surface area contributed by atoms with Crippen molar-refractivity contribution in [3.8, 4) is 6.07 Å². The Balaban J connectivity index is 1.75. The summed E-state index contributed by atoms with van der Waals surface area (Å²) in [7, 11) is 0. The van der Waals surface area contributed by atoms with E-state index >= 15 is 0 Å². The van der Waals surface area contributed by atoms with Gasteiger partial charge in [0.2, 0.25) is 0 Å². The second kappa shape index (κ2) is 7.67. The third-order valence-corrected chi connectivity index (χ3v) is 4.31. The monoisotopic (exact) mass is 335 g/mol. The average molecular weight is 335 g/mol. The van der Waals surface area contributed by atoms with E-state index in [0.717, 1.165) is 37.7 Å². The first kappa shape index (κ1) is 16.8. The Morgan fingerprint density at radius 2 is 1.88 bits per heavy atom. The zero-order valence-electron chi connectivity index (χ0n) is 14.3. The average Bonchev–Trinajstić information content (AvgIpc) is 2.68. The SMILES string of the molecule is CCNC(=O)c1cccnc1N1CCN(c2ccccc2C#N)CC1. The summed E-state index contributed by atoms with van der Waals surface area (Å²) >= 11 is 0. The molecule has 1 saturated heterocycles. The van der Waals surface area contributed by atoms with Gasteiger partial charge in [-0.25, -0.2) is 4.98 Å². The van der Waals surface area contributed by atoms with Gasteiger partial charge in [-0.05, 0) is 31.2 Å². The molecule has 1 aliphatic heterocycles. The molecular weight excluding hydrogens is 314 g/mol. The van der Waals surface area contributed by atoms with Gasteiger partial charge in [-0.2, -0.15) is 5.26 Å². The molecule has 1 aliphatic rings. The molecule has 0 unspecified atom stereocenters. The first-order valence-electron chi connectivity index (χ1n) is 8.47. The standard InChI is InChI=1S/C19H21N5O/c1-2-21-19(25)16-7-5-9-22-18(16)24-12-10-23(11-13-24)17-8-4-3-6-15(17)14-20/h3-9H,2,10-13H2,1H3,(H,21,25). The lowest BCUT2D eigenvalue weighted by molar-refractivity contribution is 0.0956. The Labute approximate surface area is 147 Å². The Kier molecular flexibility index (Phi) is 5.14. The summed E-state index contributed by atoms with van der Waals surface area (Å²) in [5, 5.41) is 12.1. The van der Waals surface area contributed by atoms with Gasteiger partial charge < -0.3 is 15.1 Å². The van der Waals surface area contributed by atoms with Gasteiger partial charge in [0.05, 0.1) is 16.8 Å². The fourth-order valence-electron chi connectivity index (χ4n) is 3.09. The van der Waals surface area contributed by atoms with Gasteiger partial charge in [0.1, 0.15) is 11.9 Å². The van der Waals surface area contributed by atoms with Gasteiger partial charge in [0.25, 0.3) is 5.91 Å². The summed E-state index contributed by atoms with van der Waals surface area (Å²) in [6, 6.07) is 13.5. The van der Waals surface area contributed by atoms with Crippen molar-refractivity contribution in [2.45, 2.75) is 6.92 Å². The number of anilines is 2. The van der Waals surface area contributed by atoms with E-state index in [1.807, 2.05) is 37.3 Å². The van der Waals surface area contributed by atoms with Crippen LogP contribution in [0.4, 0.5) is 11.5 Å². The molecule has 0 atom stereocenters. The molecule has 0 bridgehead atoms. The van der Waals surface area contributed by atoms with E-state index in [2.05, 4.69) is 26.2 Å². The fraction of sp³-hybridized carbons (Fsp3) is 0.316. The van der Waals surface area contributed by atoms with Gasteiger partial charge in [-0.15, -0.1) is 0 Å². The quantitative estimate of drug-likeness (QED) is 0.925. The minimum atomic E-state index is -0.0946. The maximum atomic E-state index is 12.3. The number of nitriles is 1. The lowest BCUT2D eigenvalue weighted by Crippen LogP contribution is -2.47. The lowest BCUT2D eigenvalue weighted by Gasteiger charge is -2.37. The van der Waals surface area contributed by atoms with E-state index in [1.165, 1.54) is 0 Å². The maximum Gasteiger partial charge on any atom is 0.255 e. The van der Waals surface area contributed by atoms with E-state index in [4.69, 9.17) is 0 Å². The number of amides is 1. The number of hydrogen-bond donors (Lipinski definition) is 1. The van der Waals surface area contributed by atoms with Crippen molar-refractivity contribution in [1.29, 1.82) is 5.26 Å². The lowest BCUT2D eigenvalue weighted by atomic mass is 10.1. The van der Waals surface area contributed by atoms with E-state index in [9.17, 15) is 10.1 Å². The van der Waals surface area contributed by atoms with Gasteiger partial charge in [0, 0.05) is 38.9 Å². The molecule has 6 nitrogen and oxygen atoms in total. The van der Waals surface area contributed by atoms with E-state index in [-0.39, 0.29) is 5.91 Å². The number of piperazine rings is 1. The Bertz CT molecular complexity index is 790. The number of benzene rings is 1. The molecule has 0 spiro atoms. The van der Waals surface area contributed by atoms with Crippen molar-refractivity contribution in [2.75, 3.05) is 42.5 Å². The third kappa shape index (κ3) is 3.56. The summed E-state index contributed by atoms with van der Waals surface area (Å²) < 4.78 is 0. The van der Waals surface area contributed by atoms with Crippen LogP contribution < -0.4 is 15.1 Å². The van der Waals surface area contributed by atoms with Gasteiger partial charge >= 0.3 is 0 Å². The maximum absolute atomic E-state index is 12.3. The van der Waals surface area contributed by atoms with E-state index < -0.39 is 0 Å². The predicted octanol–water partition coefficient (Wildman–Crippen LogP) is 2.03. The van der Waals surface area contributed by atoms with Crippen molar-refractivity contribution >= 4 is 17.4 Å². The molecule has 0 saturated carbocycles. The van der Waals surface area contributed by atoms with Gasteiger partial charge in [0.15, 0.2) is 0 Å². The number of nitrogens with zero attached hydrogens (tertiary/aromatic N) is 4. The smallest absolute Gasteiger partial charge is 0.255 e. The van der Waals surface area contributed by atoms with E-state index in [1.54, 1.807) is 12.3 Å². The molecule has 3 rings (SSSR count). The zero-order valence-corrected chi connectivity index (χ0v) is 14.3. The summed E-state index contributed by atoms with van der Waals surface area (Å²) in [5.41, 5.74) is 2.27. The highest BCUT2D eigenvalue weighted by molar-refractivity contribution is 5.98. The minimum Gasteiger partial charge on any atom is -0.367 e. The van der Waals surface area contributed by atoms with Crippen LogP contribution in [0.5, 0.6) is 0 Å². The molecule has 0 radical (unpaired) electrons. The Morgan fingerprint density at radius 3 is 2.60 bits per heavy atom. The fourth-order valence-corrected chi connectivity index (χ4v) is 3.09. The molecular formula is C19H21N5O. The van der Waals surface area contributed by atoms with Crippen LogP contribution in [0, 0.1) is 11.3 Å². The molecule has 6 heteroatoms. The number of pyridine rings is 1. The van der Waals surface area contributed by atoms with Crippen LogP contribution in [0.15, 0.2) is 42.6 Å². The first-order valence-corrected chi connectivity index (χ1v) is 8.47. The molecule has 0 aliphatic carbocycles. The molecule has 1 amide bonds. The van der Waals surface area contributed by atoms with E-state index in [0.29, 0.717) is 17.7 Å². The highest BCUT2D eigenvalue weighted by atomic mass is 16.1. The highest BCUT2D eigenvalue weighted by Crippen LogP contribution is 2.24. The zero-order chi connectivity index (χ0) is 17.6. The molecule has 1 N–H and O–H groups in total. The number of hydrogen-bond acceptors (Lipinski definition) is 5. The van der Waals surface area contributed by atoms with Crippen LogP contribution in [0.2, 0.25) is 0 Å².